The van der Waals surface area contributed by atoms with Crippen LogP contribution in [0.25, 0.3) is 0 Å². The van der Waals surface area contributed by atoms with Gasteiger partial charge in [0.2, 0.25) is 0 Å². The van der Waals surface area contributed by atoms with Crippen molar-refractivity contribution in [2.24, 2.45) is 0 Å². The molecule has 1 heteroatoms. The highest BCUT2D eigenvalue weighted by Gasteiger charge is 2.20. The molecule has 0 heterocycles. The van der Waals surface area contributed by atoms with Crippen LogP contribution in [0.15, 0.2) is 48.5 Å². The number of fused-ring (bicyclic) bond motifs is 1. The molecule has 3 rings (SSSR count). The van der Waals surface area contributed by atoms with Gasteiger partial charge in [0.1, 0.15) is 0 Å². The van der Waals surface area contributed by atoms with Crippen molar-refractivity contribution < 1.29 is 0 Å². The highest BCUT2D eigenvalue weighted by molar-refractivity contribution is 5.47. The molecule has 0 aromatic heterocycles. The van der Waals surface area contributed by atoms with Gasteiger partial charge in [0.05, 0.1) is 0 Å². The molecule has 1 aliphatic carbocycles. The van der Waals surface area contributed by atoms with Gasteiger partial charge < -0.3 is 5.32 Å². The Morgan fingerprint density at radius 3 is 2.20 bits per heavy atom. The summed E-state index contributed by atoms with van der Waals surface area (Å²) in [7, 11) is 0. The lowest BCUT2D eigenvalue weighted by Gasteiger charge is -2.14. The third kappa shape index (κ3) is 3.04. The lowest BCUT2D eigenvalue weighted by Crippen LogP contribution is -2.19. The van der Waals surface area contributed by atoms with Gasteiger partial charge in [-0.15, -0.1) is 0 Å². The smallest absolute Gasteiger partial charge is 0.0342 e. The van der Waals surface area contributed by atoms with Crippen molar-refractivity contribution in [3.05, 3.63) is 65.2 Å². The maximum Gasteiger partial charge on any atom is 0.0342 e. The van der Waals surface area contributed by atoms with Crippen LogP contribution in [-0.2, 0) is 19.3 Å². The molecule has 0 saturated heterocycles. The number of benzene rings is 2. The number of rotatable bonds is 5. The third-order valence-corrected chi connectivity index (χ3v) is 4.19. The van der Waals surface area contributed by atoms with E-state index in [1.165, 1.54) is 41.6 Å². The molecule has 1 nitrogen and oxygen atoms in total. The maximum atomic E-state index is 3.67. The lowest BCUT2D eigenvalue weighted by molar-refractivity contribution is 0.773. The normalized spacial score (nSPS) is 14.2. The Hall–Kier alpha value is -1.76. The van der Waals surface area contributed by atoms with E-state index < -0.39 is 0 Å². The average molecular weight is 265 g/mol. The van der Waals surface area contributed by atoms with Crippen LogP contribution in [0.5, 0.6) is 0 Å². The van der Waals surface area contributed by atoms with Gasteiger partial charge in [-0.3, -0.25) is 0 Å². The Kier molecular flexibility index (Phi) is 4.05. The molecule has 0 amide bonds. The summed E-state index contributed by atoms with van der Waals surface area (Å²) in [5.41, 5.74) is 5.71. The molecule has 0 unspecified atom stereocenters. The van der Waals surface area contributed by atoms with Crippen LogP contribution >= 0.6 is 0 Å². The minimum atomic E-state index is 0.550. The number of hydrogen-bond donors (Lipinski definition) is 1. The van der Waals surface area contributed by atoms with E-state index in [4.69, 9.17) is 0 Å². The summed E-state index contributed by atoms with van der Waals surface area (Å²) in [6.07, 6.45) is 6.04. The van der Waals surface area contributed by atoms with Gasteiger partial charge in [-0.25, -0.2) is 0 Å². The van der Waals surface area contributed by atoms with Gasteiger partial charge in [0.25, 0.3) is 0 Å². The predicted molar refractivity (Wildman–Crippen MR) is 86.3 cm³/mol. The third-order valence-electron chi connectivity index (χ3n) is 4.19. The van der Waals surface area contributed by atoms with Crippen LogP contribution in [0, 0.1) is 0 Å². The first-order valence-electron chi connectivity index (χ1n) is 7.77. The van der Waals surface area contributed by atoms with Crippen molar-refractivity contribution in [3.8, 4) is 0 Å². The first kappa shape index (κ1) is 13.2. The highest BCUT2D eigenvalue weighted by atomic mass is 14.9. The van der Waals surface area contributed by atoms with Crippen LogP contribution in [0.3, 0.4) is 0 Å². The van der Waals surface area contributed by atoms with E-state index in [-0.39, 0.29) is 0 Å². The molecule has 20 heavy (non-hydrogen) atoms. The maximum absolute atomic E-state index is 3.67. The molecule has 0 bridgehead atoms. The highest BCUT2D eigenvalue weighted by Crippen LogP contribution is 2.24. The molecule has 0 radical (unpaired) electrons. The average Bonchev–Trinajstić information content (AvgIpc) is 2.89. The molecule has 0 saturated carbocycles. The first-order chi connectivity index (χ1) is 9.85. The summed E-state index contributed by atoms with van der Waals surface area (Å²) >= 11 is 0. The monoisotopic (exact) mass is 265 g/mol. The quantitative estimate of drug-likeness (QED) is 0.832. The van der Waals surface area contributed by atoms with Crippen molar-refractivity contribution in [1.29, 1.82) is 0 Å². The molecule has 0 fully saturated rings. The van der Waals surface area contributed by atoms with Crippen molar-refractivity contribution >= 4 is 5.69 Å². The Bertz CT molecular complexity index is 531. The second kappa shape index (κ2) is 6.13. The zero-order valence-corrected chi connectivity index (χ0v) is 12.2. The fraction of sp³-hybridized carbons (Fsp3) is 0.368. The minimum absolute atomic E-state index is 0.550. The zero-order chi connectivity index (χ0) is 13.8. The fourth-order valence-corrected chi connectivity index (χ4v) is 3.05. The standard InChI is InChI=1S/C19H23N/c1-2-3-6-15-9-11-18(12-10-15)20-19-13-16-7-4-5-8-17(16)14-19/h4-5,7-12,19-20H,2-3,6,13-14H2,1H3. The number of nitrogens with one attached hydrogen (secondary N) is 1. The second-order valence-electron chi connectivity index (χ2n) is 5.82. The number of anilines is 1. The van der Waals surface area contributed by atoms with Gasteiger partial charge in [0, 0.05) is 11.7 Å². The Morgan fingerprint density at radius 2 is 1.60 bits per heavy atom. The molecular weight excluding hydrogens is 242 g/mol. The largest absolute Gasteiger partial charge is 0.382 e. The predicted octanol–water partition coefficient (Wildman–Crippen LogP) is 4.61. The molecule has 0 spiro atoms. The van der Waals surface area contributed by atoms with Gasteiger partial charge in [-0.05, 0) is 54.5 Å². The van der Waals surface area contributed by atoms with Gasteiger partial charge in [0.15, 0.2) is 0 Å². The fourth-order valence-electron chi connectivity index (χ4n) is 3.05. The molecule has 0 aliphatic heterocycles. The van der Waals surface area contributed by atoms with E-state index >= 15 is 0 Å². The summed E-state index contributed by atoms with van der Waals surface area (Å²) in [5, 5.41) is 3.67. The topological polar surface area (TPSA) is 12.0 Å². The Balaban J connectivity index is 1.59. The van der Waals surface area contributed by atoms with Gasteiger partial charge >= 0.3 is 0 Å². The van der Waals surface area contributed by atoms with E-state index in [0.29, 0.717) is 6.04 Å². The SMILES string of the molecule is CCCCc1ccc(NC2Cc3ccccc3C2)cc1. The van der Waals surface area contributed by atoms with E-state index in [2.05, 4.69) is 60.8 Å². The molecule has 2 aromatic rings. The van der Waals surface area contributed by atoms with Crippen LogP contribution in [0.1, 0.15) is 36.5 Å². The Labute approximate surface area is 122 Å². The molecule has 1 N–H and O–H groups in total. The van der Waals surface area contributed by atoms with Crippen LogP contribution in [0.2, 0.25) is 0 Å². The minimum Gasteiger partial charge on any atom is -0.382 e. The summed E-state index contributed by atoms with van der Waals surface area (Å²) in [6, 6.07) is 18.3. The van der Waals surface area contributed by atoms with E-state index in [9.17, 15) is 0 Å². The van der Waals surface area contributed by atoms with Crippen molar-refractivity contribution in [1.82, 2.24) is 0 Å². The Morgan fingerprint density at radius 1 is 0.950 bits per heavy atom. The van der Waals surface area contributed by atoms with Crippen molar-refractivity contribution in [2.45, 2.75) is 45.1 Å². The number of hydrogen-bond acceptors (Lipinski definition) is 1. The summed E-state index contributed by atoms with van der Waals surface area (Å²) in [5.74, 6) is 0. The zero-order valence-electron chi connectivity index (χ0n) is 12.2. The molecule has 104 valence electrons. The van der Waals surface area contributed by atoms with Gasteiger partial charge in [-0.1, -0.05) is 49.7 Å². The van der Waals surface area contributed by atoms with Crippen LogP contribution in [-0.4, -0.2) is 6.04 Å². The number of unbranched alkanes of at least 4 members (excludes halogenated alkanes) is 1. The van der Waals surface area contributed by atoms with Crippen molar-refractivity contribution in [3.63, 3.8) is 0 Å². The van der Waals surface area contributed by atoms with E-state index in [0.717, 1.165) is 12.8 Å². The second-order valence-corrected chi connectivity index (χ2v) is 5.82. The molecule has 1 aliphatic rings. The summed E-state index contributed by atoms with van der Waals surface area (Å²) < 4.78 is 0. The van der Waals surface area contributed by atoms with Crippen molar-refractivity contribution in [2.75, 3.05) is 5.32 Å². The molecule has 0 atom stereocenters. The van der Waals surface area contributed by atoms with Gasteiger partial charge in [-0.2, -0.15) is 0 Å². The number of aryl methyl sites for hydroxylation is 1. The summed E-state index contributed by atoms with van der Waals surface area (Å²) in [6.45, 7) is 2.24. The molecular formula is C19H23N. The lowest BCUT2D eigenvalue weighted by atomic mass is 10.1. The van der Waals surface area contributed by atoms with Crippen LogP contribution in [0.4, 0.5) is 5.69 Å². The first-order valence-corrected chi connectivity index (χ1v) is 7.77. The van der Waals surface area contributed by atoms with Crippen LogP contribution < -0.4 is 5.32 Å². The molecule has 2 aromatic carbocycles. The summed E-state index contributed by atoms with van der Waals surface area (Å²) in [4.78, 5) is 0. The van der Waals surface area contributed by atoms with E-state index in [1.807, 2.05) is 0 Å². The van der Waals surface area contributed by atoms with E-state index in [1.54, 1.807) is 0 Å².